The fraction of sp³-hybridized carbons (Fsp3) is 0.538. The first-order chi connectivity index (χ1) is 9.86. The second-order valence-electron chi connectivity index (χ2n) is 4.71. The van der Waals surface area contributed by atoms with Gasteiger partial charge < -0.3 is 9.88 Å². The fourth-order valence-electron chi connectivity index (χ4n) is 2.27. The van der Waals surface area contributed by atoms with Gasteiger partial charge in [0.05, 0.1) is 0 Å². The third-order valence-corrected chi connectivity index (χ3v) is 4.16. The molecule has 0 fully saturated rings. The quantitative estimate of drug-likeness (QED) is 0.872. The van der Waals surface area contributed by atoms with Crippen LogP contribution in [-0.2, 0) is 13.0 Å². The second-order valence-corrected chi connectivity index (χ2v) is 5.70. The Bertz CT molecular complexity index is 582. The average Bonchev–Trinajstić information content (AvgIpc) is 2.69. The van der Waals surface area contributed by atoms with E-state index in [0.29, 0.717) is 5.95 Å². The van der Waals surface area contributed by atoms with E-state index in [2.05, 4.69) is 30.0 Å². The number of anilines is 1. The normalized spacial score (nSPS) is 14.7. The van der Waals surface area contributed by atoms with E-state index in [1.807, 2.05) is 13.0 Å². The molecular formula is C13H18N6S. The van der Waals surface area contributed by atoms with Crippen molar-refractivity contribution in [1.29, 1.82) is 0 Å². The van der Waals surface area contributed by atoms with Crippen molar-refractivity contribution in [3.05, 3.63) is 18.1 Å². The summed E-state index contributed by atoms with van der Waals surface area (Å²) >= 11 is 1.56. The molecular weight excluding hydrogens is 272 g/mol. The summed E-state index contributed by atoms with van der Waals surface area (Å²) in [5, 5.41) is 13.6. The summed E-state index contributed by atoms with van der Waals surface area (Å²) in [6.07, 6.45) is 6.48. The van der Waals surface area contributed by atoms with Gasteiger partial charge in [0.2, 0.25) is 5.95 Å². The average molecular weight is 290 g/mol. The van der Waals surface area contributed by atoms with Crippen LogP contribution in [0, 0.1) is 0 Å². The molecule has 2 aromatic rings. The molecule has 3 rings (SSSR count). The third-order valence-electron chi connectivity index (χ3n) is 3.24. The zero-order valence-electron chi connectivity index (χ0n) is 11.5. The number of hydrogen-bond donors (Lipinski definition) is 1. The van der Waals surface area contributed by atoms with E-state index < -0.39 is 0 Å². The molecule has 0 bridgehead atoms. The van der Waals surface area contributed by atoms with Crippen LogP contribution in [0.4, 0.5) is 5.95 Å². The second kappa shape index (κ2) is 6.21. The van der Waals surface area contributed by atoms with E-state index in [0.717, 1.165) is 35.5 Å². The number of nitrogens with one attached hydrogen (secondary N) is 1. The first kappa shape index (κ1) is 13.4. The van der Waals surface area contributed by atoms with E-state index in [1.165, 1.54) is 19.3 Å². The predicted octanol–water partition coefficient (Wildman–Crippen LogP) is 2.38. The lowest BCUT2D eigenvalue weighted by Crippen LogP contribution is -2.04. The first-order valence-electron chi connectivity index (χ1n) is 7.03. The summed E-state index contributed by atoms with van der Waals surface area (Å²) in [4.78, 5) is 8.65. The van der Waals surface area contributed by atoms with Crippen LogP contribution in [0.1, 0.15) is 32.0 Å². The first-order valence-corrected chi connectivity index (χ1v) is 7.85. The summed E-state index contributed by atoms with van der Waals surface area (Å²) in [5.41, 5.74) is 0. The summed E-state index contributed by atoms with van der Waals surface area (Å²) in [7, 11) is 0. The Morgan fingerprint density at radius 1 is 1.30 bits per heavy atom. The van der Waals surface area contributed by atoms with Gasteiger partial charge in [-0.3, -0.25) is 0 Å². The van der Waals surface area contributed by atoms with Gasteiger partial charge in [-0.05, 0) is 37.6 Å². The van der Waals surface area contributed by atoms with E-state index in [4.69, 9.17) is 0 Å². The van der Waals surface area contributed by atoms with Crippen LogP contribution in [0.2, 0.25) is 0 Å². The van der Waals surface area contributed by atoms with Crippen molar-refractivity contribution < 1.29 is 0 Å². The highest BCUT2D eigenvalue weighted by molar-refractivity contribution is 7.99. The van der Waals surface area contributed by atoms with Gasteiger partial charge in [-0.1, -0.05) is 6.42 Å². The highest BCUT2D eigenvalue weighted by atomic mass is 32.2. The van der Waals surface area contributed by atoms with Crippen molar-refractivity contribution in [2.24, 2.45) is 0 Å². The predicted molar refractivity (Wildman–Crippen MR) is 77.9 cm³/mol. The third kappa shape index (κ3) is 2.92. The number of fused-ring (bicyclic) bond motifs is 1. The summed E-state index contributed by atoms with van der Waals surface area (Å²) in [5.74, 6) is 1.76. The molecule has 0 aromatic carbocycles. The molecule has 0 saturated carbocycles. The van der Waals surface area contributed by atoms with Crippen molar-refractivity contribution in [2.45, 2.75) is 49.3 Å². The molecule has 3 heterocycles. The van der Waals surface area contributed by atoms with Crippen molar-refractivity contribution in [3.8, 4) is 0 Å². The molecule has 1 aliphatic heterocycles. The van der Waals surface area contributed by atoms with E-state index >= 15 is 0 Å². The van der Waals surface area contributed by atoms with Crippen molar-refractivity contribution in [3.63, 3.8) is 0 Å². The Labute approximate surface area is 122 Å². The van der Waals surface area contributed by atoms with Gasteiger partial charge in [0.25, 0.3) is 0 Å². The van der Waals surface area contributed by atoms with Crippen LogP contribution in [-0.4, -0.2) is 31.3 Å². The minimum Gasteiger partial charge on any atom is -0.354 e. The summed E-state index contributed by atoms with van der Waals surface area (Å²) in [6, 6.07) is 1.91. The maximum absolute atomic E-state index is 4.47. The Kier molecular flexibility index (Phi) is 4.15. The number of aryl methyl sites for hydroxylation is 1. The van der Waals surface area contributed by atoms with E-state index in [1.54, 1.807) is 18.0 Å². The monoisotopic (exact) mass is 290 g/mol. The lowest BCUT2D eigenvalue weighted by Gasteiger charge is -2.06. The minimum atomic E-state index is 0.660. The van der Waals surface area contributed by atoms with Crippen LogP contribution >= 0.6 is 11.8 Å². The van der Waals surface area contributed by atoms with E-state index in [9.17, 15) is 0 Å². The SMILES string of the molecule is CCNc1nccc(Sc2nnc3n2CCCCC3)n1. The van der Waals surface area contributed by atoms with Crippen LogP contribution in [0.25, 0.3) is 0 Å². The van der Waals surface area contributed by atoms with Gasteiger partial charge in [0.1, 0.15) is 10.9 Å². The zero-order valence-corrected chi connectivity index (χ0v) is 12.4. The van der Waals surface area contributed by atoms with Gasteiger partial charge in [-0.2, -0.15) is 0 Å². The molecule has 0 atom stereocenters. The molecule has 0 spiro atoms. The van der Waals surface area contributed by atoms with E-state index in [-0.39, 0.29) is 0 Å². The Balaban J connectivity index is 1.81. The largest absolute Gasteiger partial charge is 0.354 e. The molecule has 7 heteroatoms. The fourth-order valence-corrected chi connectivity index (χ4v) is 3.11. The van der Waals surface area contributed by atoms with Crippen LogP contribution < -0.4 is 5.32 Å². The highest BCUT2D eigenvalue weighted by Gasteiger charge is 2.16. The van der Waals surface area contributed by atoms with Gasteiger partial charge in [0, 0.05) is 25.7 Å². The summed E-state index contributed by atoms with van der Waals surface area (Å²) in [6.45, 7) is 3.85. The highest BCUT2D eigenvalue weighted by Crippen LogP contribution is 2.27. The Morgan fingerprint density at radius 2 is 2.25 bits per heavy atom. The minimum absolute atomic E-state index is 0.660. The number of hydrogen-bond acceptors (Lipinski definition) is 6. The molecule has 2 aromatic heterocycles. The lowest BCUT2D eigenvalue weighted by atomic mass is 10.2. The molecule has 1 N–H and O–H groups in total. The van der Waals surface area contributed by atoms with Crippen LogP contribution in [0.3, 0.4) is 0 Å². The molecule has 6 nitrogen and oxygen atoms in total. The van der Waals surface area contributed by atoms with Gasteiger partial charge in [-0.15, -0.1) is 10.2 Å². The zero-order chi connectivity index (χ0) is 13.8. The molecule has 0 saturated heterocycles. The molecule has 0 aliphatic carbocycles. The molecule has 0 radical (unpaired) electrons. The molecule has 0 amide bonds. The van der Waals surface area contributed by atoms with Gasteiger partial charge >= 0.3 is 0 Å². The van der Waals surface area contributed by atoms with Gasteiger partial charge in [-0.25, -0.2) is 9.97 Å². The smallest absolute Gasteiger partial charge is 0.223 e. The Morgan fingerprint density at radius 3 is 3.15 bits per heavy atom. The van der Waals surface area contributed by atoms with Gasteiger partial charge in [0.15, 0.2) is 5.16 Å². The van der Waals surface area contributed by atoms with Crippen molar-refractivity contribution >= 4 is 17.7 Å². The molecule has 106 valence electrons. The number of rotatable bonds is 4. The van der Waals surface area contributed by atoms with Crippen molar-refractivity contribution in [1.82, 2.24) is 24.7 Å². The maximum Gasteiger partial charge on any atom is 0.223 e. The Hall–Kier alpha value is -1.63. The molecule has 0 unspecified atom stereocenters. The summed E-state index contributed by atoms with van der Waals surface area (Å²) < 4.78 is 2.23. The van der Waals surface area contributed by atoms with Crippen LogP contribution in [0.5, 0.6) is 0 Å². The standard InChI is InChI=1S/C13H18N6S/c1-2-14-12-15-8-7-11(16-12)20-13-18-17-10-6-4-3-5-9-19(10)13/h7-8H,2-6,9H2,1H3,(H,14,15,16). The topological polar surface area (TPSA) is 68.5 Å². The van der Waals surface area contributed by atoms with Crippen molar-refractivity contribution in [2.75, 3.05) is 11.9 Å². The lowest BCUT2D eigenvalue weighted by molar-refractivity contribution is 0.590. The number of aromatic nitrogens is 5. The molecule has 1 aliphatic rings. The van der Waals surface area contributed by atoms with Crippen LogP contribution in [0.15, 0.2) is 22.4 Å². The maximum atomic E-state index is 4.47. The number of nitrogens with zero attached hydrogens (tertiary/aromatic N) is 5. The molecule has 20 heavy (non-hydrogen) atoms.